The Balaban J connectivity index is 1.67. The van der Waals surface area contributed by atoms with E-state index in [1.165, 1.54) is 23.9 Å². The molecule has 172 valence electrons. The number of hydrogen-bond acceptors (Lipinski definition) is 4. The molecule has 0 aliphatic carbocycles. The van der Waals surface area contributed by atoms with Gasteiger partial charge in [0.2, 0.25) is 5.91 Å². The Bertz CT molecular complexity index is 1010. The highest BCUT2D eigenvalue weighted by Gasteiger charge is 2.38. The fourth-order valence-corrected chi connectivity index (χ4v) is 5.13. The summed E-state index contributed by atoms with van der Waals surface area (Å²) in [4.78, 5) is 26.4. The lowest BCUT2D eigenvalue weighted by atomic mass is 10.1. The minimum absolute atomic E-state index is 0.0449. The predicted octanol–water partition coefficient (Wildman–Crippen LogP) is 6.61. The molecule has 0 aromatic heterocycles. The highest BCUT2D eigenvalue weighted by molar-refractivity contribution is 8.00. The zero-order valence-corrected chi connectivity index (χ0v) is 19.1. The molecule has 0 radical (unpaired) electrons. The lowest BCUT2D eigenvalue weighted by Gasteiger charge is -2.32. The summed E-state index contributed by atoms with van der Waals surface area (Å²) >= 11 is 13.7. The standard InChI is InChI=1S/C21H19Cl2F3N2O3S/c1-2-15(10-31-20(30)27-14-5-3-4-12(8-14)21(24,25)26)28-18(29)11-32-19(28)16-7-6-13(22)9-17(16)23/h3-9,15,19H,2,10-11H2,1H3,(H,27,30)/t15-,19-/m1/s1. The van der Waals surface area contributed by atoms with Crippen molar-refractivity contribution >= 4 is 52.7 Å². The molecule has 1 saturated heterocycles. The van der Waals surface area contributed by atoms with Crippen molar-refractivity contribution in [1.82, 2.24) is 4.90 Å². The molecule has 2 atom stereocenters. The number of halogens is 5. The number of anilines is 1. The van der Waals surface area contributed by atoms with Crippen LogP contribution in [0.1, 0.15) is 29.8 Å². The van der Waals surface area contributed by atoms with Gasteiger partial charge in [-0.15, -0.1) is 11.8 Å². The van der Waals surface area contributed by atoms with Crippen molar-refractivity contribution in [3.8, 4) is 0 Å². The fraction of sp³-hybridized carbons (Fsp3) is 0.333. The SMILES string of the molecule is CC[C@H](COC(=O)Nc1cccc(C(F)(F)F)c1)N1C(=O)CS[C@@H]1c1ccc(Cl)cc1Cl. The van der Waals surface area contributed by atoms with E-state index in [0.717, 1.165) is 17.7 Å². The van der Waals surface area contributed by atoms with Gasteiger partial charge in [-0.05, 0) is 36.8 Å². The van der Waals surface area contributed by atoms with Gasteiger partial charge in [0.05, 0.1) is 17.4 Å². The number of carbonyl (C=O) groups is 2. The Morgan fingerprint density at radius 2 is 2.03 bits per heavy atom. The third-order valence-electron chi connectivity index (χ3n) is 4.84. The van der Waals surface area contributed by atoms with Gasteiger partial charge in [-0.1, -0.05) is 42.3 Å². The first kappa shape index (κ1) is 24.5. The summed E-state index contributed by atoms with van der Waals surface area (Å²) in [7, 11) is 0. The molecule has 2 amide bonds. The lowest BCUT2D eigenvalue weighted by Crippen LogP contribution is -2.41. The van der Waals surface area contributed by atoms with E-state index in [1.807, 2.05) is 6.92 Å². The average Bonchev–Trinajstić information content (AvgIpc) is 3.09. The quantitative estimate of drug-likeness (QED) is 0.478. The van der Waals surface area contributed by atoms with Gasteiger partial charge < -0.3 is 9.64 Å². The second kappa shape index (κ2) is 10.2. The molecule has 0 bridgehead atoms. The Morgan fingerprint density at radius 3 is 2.69 bits per heavy atom. The number of benzene rings is 2. The molecule has 0 unspecified atom stereocenters. The van der Waals surface area contributed by atoms with E-state index < -0.39 is 23.9 Å². The van der Waals surface area contributed by atoms with Crippen LogP contribution in [-0.2, 0) is 15.7 Å². The fourth-order valence-electron chi connectivity index (χ4n) is 3.27. The van der Waals surface area contributed by atoms with E-state index >= 15 is 0 Å². The normalized spacial score (nSPS) is 17.4. The van der Waals surface area contributed by atoms with Crippen LogP contribution in [0.25, 0.3) is 0 Å². The second-order valence-corrected chi connectivity index (χ2v) is 8.91. The predicted molar refractivity (Wildman–Crippen MR) is 119 cm³/mol. The number of hydrogen-bond donors (Lipinski definition) is 1. The first-order chi connectivity index (χ1) is 15.1. The van der Waals surface area contributed by atoms with Crippen LogP contribution in [0.5, 0.6) is 0 Å². The third kappa shape index (κ3) is 5.82. The van der Waals surface area contributed by atoms with Gasteiger partial charge in [-0.3, -0.25) is 10.1 Å². The van der Waals surface area contributed by atoms with Crippen molar-refractivity contribution in [2.24, 2.45) is 0 Å². The Morgan fingerprint density at radius 1 is 1.28 bits per heavy atom. The zero-order valence-electron chi connectivity index (χ0n) is 16.8. The van der Waals surface area contributed by atoms with E-state index in [0.29, 0.717) is 16.5 Å². The Labute approximate surface area is 197 Å². The van der Waals surface area contributed by atoms with Crippen LogP contribution in [0.2, 0.25) is 10.0 Å². The van der Waals surface area contributed by atoms with Gasteiger partial charge in [0.1, 0.15) is 12.0 Å². The van der Waals surface area contributed by atoms with E-state index in [-0.39, 0.29) is 29.3 Å². The maximum atomic E-state index is 12.8. The molecule has 1 fully saturated rings. The van der Waals surface area contributed by atoms with Crippen molar-refractivity contribution in [2.45, 2.75) is 30.9 Å². The Hall–Kier alpha value is -2.10. The largest absolute Gasteiger partial charge is 0.447 e. The third-order valence-corrected chi connectivity index (χ3v) is 6.61. The topological polar surface area (TPSA) is 58.6 Å². The van der Waals surface area contributed by atoms with E-state index in [1.54, 1.807) is 23.1 Å². The van der Waals surface area contributed by atoms with Gasteiger partial charge in [0.25, 0.3) is 0 Å². The summed E-state index contributed by atoms with van der Waals surface area (Å²) in [5.74, 6) is 0.121. The van der Waals surface area contributed by atoms with Gasteiger partial charge in [-0.2, -0.15) is 13.2 Å². The van der Waals surface area contributed by atoms with Crippen molar-refractivity contribution in [3.05, 3.63) is 63.6 Å². The van der Waals surface area contributed by atoms with Crippen molar-refractivity contribution in [2.75, 3.05) is 17.7 Å². The molecule has 5 nitrogen and oxygen atoms in total. The van der Waals surface area contributed by atoms with Crippen molar-refractivity contribution < 1.29 is 27.5 Å². The zero-order chi connectivity index (χ0) is 23.5. The number of thioether (sulfide) groups is 1. The minimum Gasteiger partial charge on any atom is -0.447 e. The van der Waals surface area contributed by atoms with Crippen LogP contribution in [0, 0.1) is 0 Å². The van der Waals surface area contributed by atoms with Gasteiger partial charge >= 0.3 is 12.3 Å². The number of rotatable bonds is 6. The molecule has 32 heavy (non-hydrogen) atoms. The molecule has 1 heterocycles. The number of carbonyl (C=O) groups excluding carboxylic acids is 2. The van der Waals surface area contributed by atoms with Gasteiger partial charge in [0, 0.05) is 21.3 Å². The summed E-state index contributed by atoms with van der Waals surface area (Å²) < 4.78 is 43.8. The molecule has 0 saturated carbocycles. The van der Waals surface area contributed by atoms with Crippen LogP contribution >= 0.6 is 35.0 Å². The number of nitrogens with zero attached hydrogens (tertiary/aromatic N) is 1. The second-order valence-electron chi connectivity index (χ2n) is 6.99. The van der Waals surface area contributed by atoms with E-state index in [2.05, 4.69) is 5.32 Å². The smallest absolute Gasteiger partial charge is 0.416 e. The highest BCUT2D eigenvalue weighted by atomic mass is 35.5. The lowest BCUT2D eigenvalue weighted by molar-refractivity contribution is -0.137. The monoisotopic (exact) mass is 506 g/mol. The maximum Gasteiger partial charge on any atom is 0.416 e. The summed E-state index contributed by atoms with van der Waals surface area (Å²) in [6, 6.07) is 8.83. The maximum absolute atomic E-state index is 12.8. The number of amides is 2. The molecular formula is C21H19Cl2F3N2O3S. The number of ether oxygens (including phenoxy) is 1. The van der Waals surface area contributed by atoms with E-state index in [9.17, 15) is 22.8 Å². The number of alkyl halides is 3. The van der Waals surface area contributed by atoms with Crippen LogP contribution < -0.4 is 5.32 Å². The number of nitrogens with one attached hydrogen (secondary N) is 1. The Kier molecular flexibility index (Phi) is 7.84. The van der Waals surface area contributed by atoms with Crippen molar-refractivity contribution in [3.63, 3.8) is 0 Å². The van der Waals surface area contributed by atoms with Crippen LogP contribution in [0.15, 0.2) is 42.5 Å². The van der Waals surface area contributed by atoms with Crippen LogP contribution in [0.4, 0.5) is 23.7 Å². The molecule has 0 spiro atoms. The summed E-state index contributed by atoms with van der Waals surface area (Å²) in [5, 5.41) is 2.82. The highest BCUT2D eigenvalue weighted by Crippen LogP contribution is 2.43. The molecule has 2 aromatic carbocycles. The van der Waals surface area contributed by atoms with Crippen LogP contribution in [-0.4, -0.2) is 35.3 Å². The van der Waals surface area contributed by atoms with E-state index in [4.69, 9.17) is 27.9 Å². The summed E-state index contributed by atoms with van der Waals surface area (Å²) in [6.45, 7) is 1.71. The van der Waals surface area contributed by atoms with Gasteiger partial charge in [-0.25, -0.2) is 4.79 Å². The van der Waals surface area contributed by atoms with Gasteiger partial charge in [0.15, 0.2) is 0 Å². The van der Waals surface area contributed by atoms with Crippen LogP contribution in [0.3, 0.4) is 0 Å². The molecular weight excluding hydrogens is 488 g/mol. The molecule has 1 aliphatic heterocycles. The van der Waals surface area contributed by atoms with Crippen molar-refractivity contribution in [1.29, 1.82) is 0 Å². The first-order valence-electron chi connectivity index (χ1n) is 9.59. The molecule has 11 heteroatoms. The summed E-state index contributed by atoms with van der Waals surface area (Å²) in [6.07, 6.45) is -4.95. The first-order valence-corrected chi connectivity index (χ1v) is 11.4. The molecule has 1 aliphatic rings. The molecule has 1 N–H and O–H groups in total. The molecule has 2 aromatic rings. The minimum atomic E-state index is -4.53. The summed E-state index contributed by atoms with van der Waals surface area (Å²) in [5.41, 5.74) is -0.209. The average molecular weight is 507 g/mol. The molecule has 3 rings (SSSR count).